The van der Waals surface area contributed by atoms with Gasteiger partial charge < -0.3 is 19.5 Å². The highest BCUT2D eigenvalue weighted by Crippen LogP contribution is 2.38. The SMILES string of the molecule is COC(=O)c1ccccc1C(=O)N1C[C@H]2C[C@@H](Oc3ccc(F)cc3)[C@H](O)C[C@H]2C1. The fraction of sp³-hybridized carbons (Fsp3) is 0.391. The first-order valence-corrected chi connectivity index (χ1v) is 10.0. The molecule has 1 N–H and O–H groups in total. The molecule has 0 radical (unpaired) electrons. The lowest BCUT2D eigenvalue weighted by atomic mass is 9.78. The summed E-state index contributed by atoms with van der Waals surface area (Å²) in [7, 11) is 1.29. The Hall–Kier alpha value is -2.93. The van der Waals surface area contributed by atoms with Crippen LogP contribution in [0.1, 0.15) is 33.6 Å². The number of rotatable bonds is 4. The summed E-state index contributed by atoms with van der Waals surface area (Å²) in [6, 6.07) is 12.4. The zero-order chi connectivity index (χ0) is 21.3. The van der Waals surface area contributed by atoms with E-state index in [1.807, 2.05) is 0 Å². The van der Waals surface area contributed by atoms with Crippen molar-refractivity contribution in [1.82, 2.24) is 4.90 Å². The Morgan fingerprint density at radius 2 is 1.63 bits per heavy atom. The van der Waals surface area contributed by atoms with Crippen LogP contribution in [0.15, 0.2) is 48.5 Å². The van der Waals surface area contributed by atoms with Crippen molar-refractivity contribution in [2.24, 2.45) is 11.8 Å². The number of carbonyl (C=O) groups is 2. The number of fused-ring (bicyclic) bond motifs is 1. The van der Waals surface area contributed by atoms with Crippen molar-refractivity contribution in [3.8, 4) is 5.75 Å². The normalized spacial score (nSPS) is 25.5. The quantitative estimate of drug-likeness (QED) is 0.780. The molecule has 2 aliphatic rings. The molecule has 1 saturated heterocycles. The number of ether oxygens (including phenoxy) is 2. The maximum atomic E-state index is 13.1. The van der Waals surface area contributed by atoms with Gasteiger partial charge in [0.1, 0.15) is 17.7 Å². The zero-order valence-corrected chi connectivity index (χ0v) is 16.7. The van der Waals surface area contributed by atoms with Crippen molar-refractivity contribution in [1.29, 1.82) is 0 Å². The number of aliphatic hydroxyl groups is 1. The molecule has 0 bridgehead atoms. The van der Waals surface area contributed by atoms with Crippen molar-refractivity contribution < 1.29 is 28.6 Å². The Morgan fingerprint density at radius 1 is 1.00 bits per heavy atom. The third-order valence-electron chi connectivity index (χ3n) is 6.04. The molecule has 6 nitrogen and oxygen atoms in total. The van der Waals surface area contributed by atoms with Gasteiger partial charge in [-0.25, -0.2) is 9.18 Å². The van der Waals surface area contributed by atoms with E-state index in [-0.39, 0.29) is 29.1 Å². The fourth-order valence-electron chi connectivity index (χ4n) is 4.50. The third kappa shape index (κ3) is 4.03. The minimum atomic E-state index is -0.659. The Balaban J connectivity index is 1.45. The molecular weight excluding hydrogens is 389 g/mol. The van der Waals surface area contributed by atoms with Gasteiger partial charge in [-0.15, -0.1) is 0 Å². The van der Waals surface area contributed by atoms with Gasteiger partial charge >= 0.3 is 5.97 Å². The molecule has 4 rings (SSSR count). The second-order valence-corrected chi connectivity index (χ2v) is 7.92. The molecule has 1 aliphatic carbocycles. The number of aliphatic hydroxyl groups excluding tert-OH is 1. The molecule has 1 saturated carbocycles. The third-order valence-corrected chi connectivity index (χ3v) is 6.04. The average Bonchev–Trinajstić information content (AvgIpc) is 3.17. The number of methoxy groups -OCH3 is 1. The molecule has 4 atom stereocenters. The summed E-state index contributed by atoms with van der Waals surface area (Å²) in [6.45, 7) is 1.06. The fourth-order valence-corrected chi connectivity index (χ4v) is 4.50. The standard InChI is InChI=1S/C23H24FNO5/c1-29-23(28)19-5-3-2-4-18(19)22(27)25-12-14-10-20(26)21(11-15(14)13-25)30-17-8-6-16(24)7-9-17/h2-9,14-15,20-21,26H,10-13H2,1H3/t14-,15+,20+,21+/m0/s1. The van der Waals surface area contributed by atoms with E-state index in [9.17, 15) is 19.1 Å². The smallest absolute Gasteiger partial charge is 0.338 e. The van der Waals surface area contributed by atoms with Crippen molar-refractivity contribution >= 4 is 11.9 Å². The monoisotopic (exact) mass is 413 g/mol. The van der Waals surface area contributed by atoms with Gasteiger partial charge in [-0.1, -0.05) is 12.1 Å². The Morgan fingerprint density at radius 3 is 2.30 bits per heavy atom. The number of nitrogens with zero attached hydrogens (tertiary/aromatic N) is 1. The summed E-state index contributed by atoms with van der Waals surface area (Å²) in [5.41, 5.74) is 0.570. The van der Waals surface area contributed by atoms with Gasteiger partial charge in [0.2, 0.25) is 0 Å². The average molecular weight is 413 g/mol. The number of carbonyl (C=O) groups excluding carboxylic acids is 2. The molecule has 1 amide bonds. The molecule has 1 aliphatic heterocycles. The van der Waals surface area contributed by atoms with Crippen molar-refractivity contribution in [3.63, 3.8) is 0 Å². The lowest BCUT2D eigenvalue weighted by Gasteiger charge is -2.35. The van der Waals surface area contributed by atoms with Crippen molar-refractivity contribution in [3.05, 3.63) is 65.5 Å². The highest BCUT2D eigenvalue weighted by molar-refractivity contribution is 6.05. The molecule has 0 aromatic heterocycles. The predicted octanol–water partition coefficient (Wildman–Crippen LogP) is 2.90. The van der Waals surface area contributed by atoms with Gasteiger partial charge in [-0.05, 0) is 61.1 Å². The van der Waals surface area contributed by atoms with E-state index >= 15 is 0 Å². The maximum absolute atomic E-state index is 13.1. The van der Waals surface area contributed by atoms with Crippen LogP contribution in [0.25, 0.3) is 0 Å². The molecule has 0 spiro atoms. The first-order chi connectivity index (χ1) is 14.5. The second-order valence-electron chi connectivity index (χ2n) is 7.92. The van der Waals surface area contributed by atoms with Crippen LogP contribution in [-0.2, 0) is 4.74 Å². The number of benzene rings is 2. The highest BCUT2D eigenvalue weighted by atomic mass is 19.1. The van der Waals surface area contributed by atoms with Crippen LogP contribution in [0.5, 0.6) is 5.75 Å². The van der Waals surface area contributed by atoms with Gasteiger partial charge in [0, 0.05) is 13.1 Å². The van der Waals surface area contributed by atoms with E-state index in [1.54, 1.807) is 41.3 Å². The van der Waals surface area contributed by atoms with Gasteiger partial charge in [0.25, 0.3) is 5.91 Å². The summed E-state index contributed by atoms with van der Waals surface area (Å²) in [5.74, 6) is -0.231. The Kier molecular flexibility index (Phi) is 5.72. The van der Waals surface area contributed by atoms with Crippen molar-refractivity contribution in [2.75, 3.05) is 20.2 Å². The van der Waals surface area contributed by atoms with Crippen LogP contribution in [0.4, 0.5) is 4.39 Å². The largest absolute Gasteiger partial charge is 0.488 e. The summed E-state index contributed by atoms with van der Waals surface area (Å²) < 4.78 is 23.8. The van der Waals surface area contributed by atoms with Gasteiger partial charge in [-0.2, -0.15) is 0 Å². The number of amides is 1. The molecular formula is C23H24FNO5. The van der Waals surface area contributed by atoms with E-state index in [4.69, 9.17) is 9.47 Å². The maximum Gasteiger partial charge on any atom is 0.338 e. The molecule has 2 aromatic rings. The number of hydrogen-bond donors (Lipinski definition) is 1. The summed E-state index contributed by atoms with van der Waals surface area (Å²) in [4.78, 5) is 26.9. The molecule has 2 aromatic carbocycles. The topological polar surface area (TPSA) is 76.1 Å². The van der Waals surface area contributed by atoms with Gasteiger partial charge in [0.15, 0.2) is 0 Å². The first-order valence-electron chi connectivity index (χ1n) is 10.0. The van der Waals surface area contributed by atoms with Gasteiger partial charge in [0.05, 0.1) is 24.3 Å². The van der Waals surface area contributed by atoms with E-state index in [1.165, 1.54) is 19.2 Å². The van der Waals surface area contributed by atoms with E-state index < -0.39 is 18.2 Å². The Bertz CT molecular complexity index is 931. The number of likely N-dealkylation sites (tertiary alicyclic amines) is 1. The summed E-state index contributed by atoms with van der Waals surface area (Å²) >= 11 is 0. The minimum Gasteiger partial charge on any atom is -0.488 e. The summed E-state index contributed by atoms with van der Waals surface area (Å²) in [5, 5.41) is 10.6. The van der Waals surface area contributed by atoms with E-state index in [0.29, 0.717) is 37.2 Å². The predicted molar refractivity (Wildman–Crippen MR) is 107 cm³/mol. The summed E-state index contributed by atoms with van der Waals surface area (Å²) in [6.07, 6.45) is 0.0627. The lowest BCUT2D eigenvalue weighted by Crippen LogP contribution is -2.42. The second kappa shape index (κ2) is 8.44. The number of halogens is 1. The lowest BCUT2D eigenvalue weighted by molar-refractivity contribution is -0.0231. The van der Waals surface area contributed by atoms with Gasteiger partial charge in [-0.3, -0.25) is 4.79 Å². The van der Waals surface area contributed by atoms with Crippen LogP contribution >= 0.6 is 0 Å². The molecule has 0 unspecified atom stereocenters. The number of esters is 1. The van der Waals surface area contributed by atoms with Crippen LogP contribution in [0.3, 0.4) is 0 Å². The van der Waals surface area contributed by atoms with E-state index in [0.717, 1.165) is 0 Å². The minimum absolute atomic E-state index is 0.169. The van der Waals surface area contributed by atoms with Crippen molar-refractivity contribution in [2.45, 2.75) is 25.0 Å². The Labute approximate surface area is 174 Å². The molecule has 2 fully saturated rings. The van der Waals surface area contributed by atoms with Crippen LogP contribution in [0, 0.1) is 17.7 Å². The molecule has 1 heterocycles. The van der Waals surface area contributed by atoms with E-state index in [2.05, 4.69) is 0 Å². The number of hydrogen-bond acceptors (Lipinski definition) is 5. The molecule has 7 heteroatoms. The molecule has 30 heavy (non-hydrogen) atoms. The van der Waals surface area contributed by atoms with Crippen LogP contribution in [-0.4, -0.2) is 54.3 Å². The zero-order valence-electron chi connectivity index (χ0n) is 16.7. The van der Waals surface area contributed by atoms with Crippen LogP contribution < -0.4 is 4.74 Å². The first kappa shape index (κ1) is 20.3. The van der Waals surface area contributed by atoms with Crippen LogP contribution in [0.2, 0.25) is 0 Å². The molecule has 158 valence electrons. The highest BCUT2D eigenvalue weighted by Gasteiger charge is 2.44.